The minimum atomic E-state index is -0.0688. The maximum atomic E-state index is 5.91. The van der Waals surface area contributed by atoms with Gasteiger partial charge in [-0.1, -0.05) is 0 Å². The Bertz CT molecular complexity index is 410. The molecule has 0 bridgehead atoms. The molecule has 80 valence electrons. The van der Waals surface area contributed by atoms with Crippen molar-refractivity contribution in [1.29, 1.82) is 0 Å². The SMILES string of the molecule is CC1(C)CCc2cc3c(cc2O1)OCO3. The lowest BCUT2D eigenvalue weighted by molar-refractivity contribution is 0.0844. The van der Waals surface area contributed by atoms with Crippen LogP contribution in [0.3, 0.4) is 0 Å². The Labute approximate surface area is 89.0 Å². The van der Waals surface area contributed by atoms with Gasteiger partial charge in [-0.25, -0.2) is 0 Å². The first kappa shape index (κ1) is 8.89. The molecule has 0 atom stereocenters. The molecule has 0 radical (unpaired) electrons. The van der Waals surface area contributed by atoms with Gasteiger partial charge in [0.05, 0.1) is 0 Å². The summed E-state index contributed by atoms with van der Waals surface area (Å²) in [6.07, 6.45) is 2.08. The molecule has 0 aliphatic carbocycles. The minimum absolute atomic E-state index is 0.0688. The first-order chi connectivity index (χ1) is 7.14. The molecular weight excluding hydrogens is 192 g/mol. The van der Waals surface area contributed by atoms with Gasteiger partial charge in [-0.3, -0.25) is 0 Å². The first-order valence-electron chi connectivity index (χ1n) is 5.26. The van der Waals surface area contributed by atoms with Crippen LogP contribution in [0.15, 0.2) is 12.1 Å². The number of aryl methyl sites for hydroxylation is 1. The molecule has 15 heavy (non-hydrogen) atoms. The zero-order chi connectivity index (χ0) is 10.5. The van der Waals surface area contributed by atoms with Gasteiger partial charge in [0.15, 0.2) is 11.5 Å². The Morgan fingerprint density at radius 1 is 1.07 bits per heavy atom. The van der Waals surface area contributed by atoms with E-state index in [0.717, 1.165) is 30.1 Å². The maximum absolute atomic E-state index is 5.91. The number of ether oxygens (including phenoxy) is 3. The summed E-state index contributed by atoms with van der Waals surface area (Å²) in [6.45, 7) is 4.54. The molecule has 0 unspecified atom stereocenters. The lowest BCUT2D eigenvalue weighted by Gasteiger charge is -2.32. The number of hydrogen-bond acceptors (Lipinski definition) is 3. The average molecular weight is 206 g/mol. The van der Waals surface area contributed by atoms with Gasteiger partial charge in [0, 0.05) is 6.07 Å². The third-order valence-corrected chi connectivity index (χ3v) is 2.94. The molecule has 0 fully saturated rings. The molecule has 1 aromatic carbocycles. The van der Waals surface area contributed by atoms with Crippen molar-refractivity contribution in [3.05, 3.63) is 17.7 Å². The van der Waals surface area contributed by atoms with Gasteiger partial charge in [-0.15, -0.1) is 0 Å². The van der Waals surface area contributed by atoms with E-state index in [0.29, 0.717) is 6.79 Å². The summed E-state index contributed by atoms with van der Waals surface area (Å²) in [5.74, 6) is 2.58. The summed E-state index contributed by atoms with van der Waals surface area (Å²) < 4.78 is 16.6. The number of hydrogen-bond donors (Lipinski definition) is 0. The molecular formula is C12H14O3. The predicted molar refractivity (Wildman–Crippen MR) is 55.6 cm³/mol. The molecule has 0 amide bonds. The average Bonchev–Trinajstić information content (AvgIpc) is 2.60. The number of rotatable bonds is 0. The van der Waals surface area contributed by atoms with Crippen molar-refractivity contribution in [3.8, 4) is 17.2 Å². The van der Waals surface area contributed by atoms with Crippen LogP contribution in [0.1, 0.15) is 25.8 Å². The van der Waals surface area contributed by atoms with E-state index < -0.39 is 0 Å². The van der Waals surface area contributed by atoms with Crippen LogP contribution in [0, 0.1) is 0 Å². The highest BCUT2D eigenvalue weighted by atomic mass is 16.7. The van der Waals surface area contributed by atoms with Crippen molar-refractivity contribution in [2.75, 3.05) is 6.79 Å². The summed E-state index contributed by atoms with van der Waals surface area (Å²) in [5.41, 5.74) is 1.15. The fourth-order valence-electron chi connectivity index (χ4n) is 2.04. The first-order valence-corrected chi connectivity index (χ1v) is 5.26. The molecule has 0 N–H and O–H groups in total. The summed E-state index contributed by atoms with van der Waals surface area (Å²) >= 11 is 0. The third-order valence-electron chi connectivity index (χ3n) is 2.94. The summed E-state index contributed by atoms with van der Waals surface area (Å²) in [4.78, 5) is 0. The molecule has 1 aromatic rings. The van der Waals surface area contributed by atoms with Gasteiger partial charge >= 0.3 is 0 Å². The second kappa shape index (κ2) is 2.81. The van der Waals surface area contributed by atoms with Crippen molar-refractivity contribution >= 4 is 0 Å². The molecule has 2 aliphatic heterocycles. The van der Waals surface area contributed by atoms with Crippen molar-refractivity contribution in [2.45, 2.75) is 32.3 Å². The van der Waals surface area contributed by atoms with Crippen LogP contribution >= 0.6 is 0 Å². The molecule has 2 aliphatic rings. The topological polar surface area (TPSA) is 27.7 Å². The van der Waals surface area contributed by atoms with Gasteiger partial charge < -0.3 is 14.2 Å². The highest BCUT2D eigenvalue weighted by Gasteiger charge is 2.29. The zero-order valence-electron chi connectivity index (χ0n) is 9.00. The molecule has 0 saturated carbocycles. The summed E-state index contributed by atoms with van der Waals surface area (Å²) in [6, 6.07) is 3.98. The quantitative estimate of drug-likeness (QED) is 0.652. The smallest absolute Gasteiger partial charge is 0.231 e. The van der Waals surface area contributed by atoms with Crippen molar-refractivity contribution in [1.82, 2.24) is 0 Å². The van der Waals surface area contributed by atoms with Gasteiger partial charge in [-0.2, -0.15) is 0 Å². The lowest BCUT2D eigenvalue weighted by atomic mass is 9.94. The molecule has 3 nitrogen and oxygen atoms in total. The second-order valence-corrected chi connectivity index (χ2v) is 4.67. The van der Waals surface area contributed by atoms with Crippen LogP contribution in [-0.4, -0.2) is 12.4 Å². The summed E-state index contributed by atoms with van der Waals surface area (Å²) in [7, 11) is 0. The largest absolute Gasteiger partial charge is 0.487 e. The zero-order valence-corrected chi connectivity index (χ0v) is 9.00. The Kier molecular flexibility index (Phi) is 1.67. The van der Waals surface area contributed by atoms with Gasteiger partial charge in [0.2, 0.25) is 6.79 Å². The Morgan fingerprint density at radius 3 is 2.60 bits per heavy atom. The van der Waals surface area contributed by atoms with Gasteiger partial charge in [0.1, 0.15) is 11.4 Å². The molecule has 3 rings (SSSR count). The molecule has 0 saturated heterocycles. The van der Waals surface area contributed by atoms with Gasteiger partial charge in [0.25, 0.3) is 0 Å². The van der Waals surface area contributed by atoms with E-state index in [1.165, 1.54) is 5.56 Å². The van der Waals surface area contributed by atoms with E-state index in [-0.39, 0.29) is 5.60 Å². The minimum Gasteiger partial charge on any atom is -0.487 e. The van der Waals surface area contributed by atoms with Crippen molar-refractivity contribution < 1.29 is 14.2 Å². The number of fused-ring (bicyclic) bond motifs is 2. The van der Waals surface area contributed by atoms with E-state index in [1.807, 2.05) is 12.1 Å². The van der Waals surface area contributed by atoms with Gasteiger partial charge in [-0.05, 0) is 38.3 Å². The van der Waals surface area contributed by atoms with E-state index in [1.54, 1.807) is 0 Å². The van der Waals surface area contributed by atoms with Crippen LogP contribution in [0.25, 0.3) is 0 Å². The molecule has 0 spiro atoms. The van der Waals surface area contributed by atoms with E-state index >= 15 is 0 Å². The normalized spacial score (nSPS) is 20.7. The van der Waals surface area contributed by atoms with Crippen molar-refractivity contribution in [3.63, 3.8) is 0 Å². The van der Waals surface area contributed by atoms with E-state index in [4.69, 9.17) is 14.2 Å². The van der Waals surface area contributed by atoms with Crippen LogP contribution in [0.4, 0.5) is 0 Å². The monoisotopic (exact) mass is 206 g/mol. The maximum Gasteiger partial charge on any atom is 0.231 e. The third kappa shape index (κ3) is 1.42. The van der Waals surface area contributed by atoms with E-state index in [2.05, 4.69) is 13.8 Å². The van der Waals surface area contributed by atoms with Crippen LogP contribution in [0.5, 0.6) is 17.2 Å². The fourth-order valence-corrected chi connectivity index (χ4v) is 2.04. The highest BCUT2D eigenvalue weighted by Crippen LogP contribution is 2.42. The summed E-state index contributed by atoms with van der Waals surface area (Å²) in [5, 5.41) is 0. The fraction of sp³-hybridized carbons (Fsp3) is 0.500. The van der Waals surface area contributed by atoms with E-state index in [9.17, 15) is 0 Å². The Balaban J connectivity index is 2.04. The lowest BCUT2D eigenvalue weighted by Crippen LogP contribution is -2.32. The second-order valence-electron chi connectivity index (χ2n) is 4.67. The Hall–Kier alpha value is -1.38. The standard InChI is InChI=1S/C12H14O3/c1-12(2)4-3-8-5-10-11(14-7-13-10)6-9(8)15-12/h5-6H,3-4,7H2,1-2H3. The molecule has 2 heterocycles. The van der Waals surface area contributed by atoms with Crippen molar-refractivity contribution in [2.24, 2.45) is 0 Å². The molecule has 3 heteroatoms. The number of benzene rings is 1. The Morgan fingerprint density at radius 2 is 1.80 bits per heavy atom. The van der Waals surface area contributed by atoms with Crippen LogP contribution < -0.4 is 14.2 Å². The van der Waals surface area contributed by atoms with Crippen LogP contribution in [-0.2, 0) is 6.42 Å². The predicted octanol–water partition coefficient (Wildman–Crippen LogP) is 2.52. The molecule has 0 aromatic heterocycles. The highest BCUT2D eigenvalue weighted by molar-refractivity contribution is 5.52. The van der Waals surface area contributed by atoms with Crippen LogP contribution in [0.2, 0.25) is 0 Å².